The Morgan fingerprint density at radius 1 is 1.22 bits per heavy atom. The lowest BCUT2D eigenvalue weighted by atomic mass is 10.2. The highest BCUT2D eigenvalue weighted by Gasteiger charge is 2.16. The van der Waals surface area contributed by atoms with E-state index in [0.29, 0.717) is 0 Å². The highest BCUT2D eigenvalue weighted by molar-refractivity contribution is 5.44. The minimum Gasteiger partial charge on any atom is -0.385 e. The average Bonchev–Trinajstić information content (AvgIpc) is 2.96. The smallest absolute Gasteiger partial charge is 0.134 e. The SMILES string of the molecule is Cc1ccc(NCCc2nnc3n2CCC3)cc1. The summed E-state index contributed by atoms with van der Waals surface area (Å²) >= 11 is 0. The van der Waals surface area contributed by atoms with Crippen molar-refractivity contribution in [3.63, 3.8) is 0 Å². The molecule has 0 unspecified atom stereocenters. The molecule has 0 radical (unpaired) electrons. The Morgan fingerprint density at radius 2 is 2.06 bits per heavy atom. The lowest BCUT2D eigenvalue weighted by Gasteiger charge is -2.07. The van der Waals surface area contributed by atoms with Gasteiger partial charge in [0.15, 0.2) is 0 Å². The van der Waals surface area contributed by atoms with E-state index in [4.69, 9.17) is 0 Å². The van der Waals surface area contributed by atoms with Crippen LogP contribution in [0.3, 0.4) is 0 Å². The normalized spacial score (nSPS) is 13.6. The quantitative estimate of drug-likeness (QED) is 0.893. The number of nitrogens with one attached hydrogen (secondary N) is 1. The van der Waals surface area contributed by atoms with Gasteiger partial charge in [-0.3, -0.25) is 0 Å². The van der Waals surface area contributed by atoms with Crippen LogP contribution in [0.1, 0.15) is 23.6 Å². The fourth-order valence-corrected chi connectivity index (χ4v) is 2.39. The van der Waals surface area contributed by atoms with Crippen LogP contribution < -0.4 is 5.32 Å². The van der Waals surface area contributed by atoms with E-state index in [1.807, 2.05) is 0 Å². The van der Waals surface area contributed by atoms with Crippen LogP contribution in [0.5, 0.6) is 0 Å². The molecule has 0 saturated heterocycles. The molecule has 1 aromatic carbocycles. The lowest BCUT2D eigenvalue weighted by Crippen LogP contribution is -2.09. The van der Waals surface area contributed by atoms with Gasteiger partial charge in [0.1, 0.15) is 11.6 Å². The summed E-state index contributed by atoms with van der Waals surface area (Å²) in [6.45, 7) is 4.09. The minimum atomic E-state index is 0.904. The third-order valence-electron chi connectivity index (χ3n) is 3.42. The summed E-state index contributed by atoms with van der Waals surface area (Å²) in [5.41, 5.74) is 2.46. The summed E-state index contributed by atoms with van der Waals surface area (Å²) in [5, 5.41) is 11.9. The molecule has 0 spiro atoms. The number of rotatable bonds is 4. The van der Waals surface area contributed by atoms with Crippen LogP contribution in [0, 0.1) is 6.92 Å². The molecule has 0 bridgehead atoms. The molecule has 2 heterocycles. The lowest BCUT2D eigenvalue weighted by molar-refractivity contribution is 0.687. The van der Waals surface area contributed by atoms with Gasteiger partial charge in [0, 0.05) is 31.6 Å². The van der Waals surface area contributed by atoms with Crippen molar-refractivity contribution >= 4 is 5.69 Å². The molecule has 4 nitrogen and oxygen atoms in total. The van der Waals surface area contributed by atoms with Gasteiger partial charge < -0.3 is 9.88 Å². The van der Waals surface area contributed by atoms with Crippen LogP contribution >= 0.6 is 0 Å². The maximum absolute atomic E-state index is 4.26. The maximum Gasteiger partial charge on any atom is 0.134 e. The minimum absolute atomic E-state index is 0.904. The zero-order chi connectivity index (χ0) is 12.4. The van der Waals surface area contributed by atoms with E-state index >= 15 is 0 Å². The summed E-state index contributed by atoms with van der Waals surface area (Å²) in [5.74, 6) is 2.27. The Labute approximate surface area is 107 Å². The highest BCUT2D eigenvalue weighted by Crippen LogP contribution is 2.14. The molecule has 1 aromatic heterocycles. The molecule has 0 fully saturated rings. The zero-order valence-corrected chi connectivity index (χ0v) is 10.7. The number of aromatic nitrogens is 3. The molecular weight excluding hydrogens is 224 g/mol. The van der Waals surface area contributed by atoms with Gasteiger partial charge in [-0.2, -0.15) is 0 Å². The Kier molecular flexibility index (Phi) is 3.00. The van der Waals surface area contributed by atoms with Gasteiger partial charge >= 0.3 is 0 Å². The zero-order valence-electron chi connectivity index (χ0n) is 10.7. The third-order valence-corrected chi connectivity index (χ3v) is 3.42. The second kappa shape index (κ2) is 4.80. The number of hydrogen-bond acceptors (Lipinski definition) is 3. The van der Waals surface area contributed by atoms with Gasteiger partial charge in [0.2, 0.25) is 0 Å². The molecule has 3 rings (SSSR count). The fourth-order valence-electron chi connectivity index (χ4n) is 2.39. The summed E-state index contributed by atoms with van der Waals surface area (Å²) < 4.78 is 2.26. The van der Waals surface area contributed by atoms with E-state index in [2.05, 4.69) is 51.3 Å². The van der Waals surface area contributed by atoms with Crippen LogP contribution in [0.25, 0.3) is 0 Å². The van der Waals surface area contributed by atoms with E-state index in [-0.39, 0.29) is 0 Å². The number of benzene rings is 1. The summed E-state index contributed by atoms with van der Waals surface area (Å²) in [6.07, 6.45) is 3.22. The van der Waals surface area contributed by atoms with Crippen molar-refractivity contribution in [2.24, 2.45) is 0 Å². The van der Waals surface area contributed by atoms with Gasteiger partial charge in [-0.05, 0) is 25.5 Å². The first-order valence-corrected chi connectivity index (χ1v) is 6.54. The van der Waals surface area contributed by atoms with Crippen molar-refractivity contribution in [2.45, 2.75) is 32.7 Å². The largest absolute Gasteiger partial charge is 0.385 e. The molecule has 0 saturated carbocycles. The van der Waals surface area contributed by atoms with Crippen molar-refractivity contribution in [1.29, 1.82) is 0 Å². The van der Waals surface area contributed by atoms with E-state index in [9.17, 15) is 0 Å². The summed E-state index contributed by atoms with van der Waals surface area (Å²) in [6, 6.07) is 8.47. The first-order valence-electron chi connectivity index (χ1n) is 6.54. The van der Waals surface area contributed by atoms with Gasteiger partial charge in [0.25, 0.3) is 0 Å². The van der Waals surface area contributed by atoms with Crippen LogP contribution in [-0.2, 0) is 19.4 Å². The molecule has 94 valence electrons. The monoisotopic (exact) mass is 242 g/mol. The first kappa shape index (κ1) is 11.3. The molecule has 4 heteroatoms. The number of anilines is 1. The highest BCUT2D eigenvalue weighted by atomic mass is 15.3. The van der Waals surface area contributed by atoms with Crippen LogP contribution in [0.4, 0.5) is 5.69 Å². The van der Waals surface area contributed by atoms with Crippen LogP contribution in [0.2, 0.25) is 0 Å². The molecular formula is C14H18N4. The van der Waals surface area contributed by atoms with E-state index in [1.165, 1.54) is 17.7 Å². The summed E-state index contributed by atoms with van der Waals surface area (Å²) in [4.78, 5) is 0. The number of nitrogens with zero attached hydrogens (tertiary/aromatic N) is 3. The van der Waals surface area contributed by atoms with Crippen LogP contribution in [-0.4, -0.2) is 21.3 Å². The third kappa shape index (κ3) is 2.23. The molecule has 1 aliphatic rings. The van der Waals surface area contributed by atoms with Gasteiger partial charge in [-0.1, -0.05) is 17.7 Å². The van der Waals surface area contributed by atoms with Crippen molar-refractivity contribution in [2.75, 3.05) is 11.9 Å². The fraction of sp³-hybridized carbons (Fsp3) is 0.429. The Bertz CT molecular complexity index is 527. The maximum atomic E-state index is 4.26. The standard InChI is InChI=1S/C14H18N4/c1-11-4-6-12(7-5-11)15-9-8-14-17-16-13-3-2-10-18(13)14/h4-7,15H,2-3,8-10H2,1H3. The van der Waals surface area contributed by atoms with Crippen molar-refractivity contribution < 1.29 is 0 Å². The van der Waals surface area contributed by atoms with Gasteiger partial charge in [0.05, 0.1) is 0 Å². The van der Waals surface area contributed by atoms with Crippen molar-refractivity contribution in [3.05, 3.63) is 41.5 Å². The number of aryl methyl sites for hydroxylation is 2. The average molecular weight is 242 g/mol. The van der Waals surface area contributed by atoms with Crippen LogP contribution in [0.15, 0.2) is 24.3 Å². The van der Waals surface area contributed by atoms with E-state index < -0.39 is 0 Å². The first-order chi connectivity index (χ1) is 8.83. The van der Waals surface area contributed by atoms with Gasteiger partial charge in [-0.15, -0.1) is 10.2 Å². The molecule has 1 N–H and O–H groups in total. The predicted molar refractivity (Wildman–Crippen MR) is 71.7 cm³/mol. The van der Waals surface area contributed by atoms with Crippen molar-refractivity contribution in [3.8, 4) is 0 Å². The summed E-state index contributed by atoms with van der Waals surface area (Å²) in [7, 11) is 0. The van der Waals surface area contributed by atoms with E-state index in [1.54, 1.807) is 0 Å². The molecule has 2 aromatic rings. The Hall–Kier alpha value is -1.84. The molecule has 18 heavy (non-hydrogen) atoms. The number of fused-ring (bicyclic) bond motifs is 1. The second-order valence-electron chi connectivity index (χ2n) is 4.83. The Morgan fingerprint density at radius 3 is 2.89 bits per heavy atom. The van der Waals surface area contributed by atoms with Crippen molar-refractivity contribution in [1.82, 2.24) is 14.8 Å². The number of hydrogen-bond donors (Lipinski definition) is 1. The van der Waals surface area contributed by atoms with Gasteiger partial charge in [-0.25, -0.2) is 0 Å². The predicted octanol–water partition coefficient (Wildman–Crippen LogP) is 2.19. The molecule has 1 aliphatic heterocycles. The molecule has 0 aliphatic carbocycles. The Balaban J connectivity index is 1.57. The van der Waals surface area contributed by atoms with E-state index in [0.717, 1.165) is 37.6 Å². The molecule has 0 atom stereocenters. The second-order valence-corrected chi connectivity index (χ2v) is 4.83. The molecule has 0 amide bonds. The topological polar surface area (TPSA) is 42.7 Å².